The Labute approximate surface area is 120 Å². The highest BCUT2D eigenvalue weighted by Gasteiger charge is 2.18. The highest BCUT2D eigenvalue weighted by Crippen LogP contribution is 2.17. The number of nitrogens with two attached hydrogens (primary N) is 1. The summed E-state index contributed by atoms with van der Waals surface area (Å²) < 4.78 is 10.9. The molecule has 0 atom stereocenters. The maximum Gasteiger partial charge on any atom is 0.258 e. The van der Waals surface area contributed by atoms with Gasteiger partial charge in [0.1, 0.15) is 11.5 Å². The zero-order valence-corrected chi connectivity index (χ0v) is 12.4. The third-order valence-corrected chi connectivity index (χ3v) is 2.65. The van der Waals surface area contributed by atoms with E-state index in [2.05, 4.69) is 12.2 Å². The van der Waals surface area contributed by atoms with Crippen molar-refractivity contribution >= 4 is 5.91 Å². The molecule has 0 aromatic heterocycles. The molecule has 0 fully saturated rings. The Morgan fingerprint density at radius 3 is 2.25 bits per heavy atom. The highest BCUT2D eigenvalue weighted by atomic mass is 16.5. The van der Waals surface area contributed by atoms with Crippen molar-refractivity contribution in [2.24, 2.45) is 5.73 Å². The lowest BCUT2D eigenvalue weighted by Gasteiger charge is -2.24. The van der Waals surface area contributed by atoms with Crippen LogP contribution in [0.25, 0.3) is 0 Å². The molecule has 0 heterocycles. The summed E-state index contributed by atoms with van der Waals surface area (Å²) in [7, 11) is 0. The lowest BCUT2D eigenvalue weighted by molar-refractivity contribution is -0.124. The van der Waals surface area contributed by atoms with Gasteiger partial charge in [-0.25, -0.2) is 0 Å². The topological polar surface area (TPSA) is 73.6 Å². The molecule has 0 aliphatic rings. The van der Waals surface area contributed by atoms with E-state index in [1.165, 1.54) is 0 Å². The number of hydrogen-bond acceptors (Lipinski definition) is 4. The van der Waals surface area contributed by atoms with Crippen molar-refractivity contribution in [3.63, 3.8) is 0 Å². The van der Waals surface area contributed by atoms with Crippen LogP contribution in [0.1, 0.15) is 27.2 Å². The summed E-state index contributed by atoms with van der Waals surface area (Å²) in [6.07, 6.45) is 0.968. The van der Waals surface area contributed by atoms with Crippen molar-refractivity contribution in [3.05, 3.63) is 24.3 Å². The van der Waals surface area contributed by atoms with Gasteiger partial charge in [-0.15, -0.1) is 0 Å². The van der Waals surface area contributed by atoms with Crippen molar-refractivity contribution in [1.29, 1.82) is 0 Å². The Bertz CT molecular complexity index is 416. The second-order valence-electron chi connectivity index (χ2n) is 5.24. The maximum absolute atomic E-state index is 11.7. The molecule has 112 valence electrons. The lowest BCUT2D eigenvalue weighted by atomic mass is 10.1. The van der Waals surface area contributed by atoms with Crippen LogP contribution in [0.2, 0.25) is 0 Å². The molecule has 5 nitrogen and oxygen atoms in total. The van der Waals surface area contributed by atoms with Gasteiger partial charge in [-0.2, -0.15) is 0 Å². The van der Waals surface area contributed by atoms with Crippen LogP contribution >= 0.6 is 0 Å². The van der Waals surface area contributed by atoms with E-state index in [4.69, 9.17) is 15.2 Å². The first kappa shape index (κ1) is 16.3. The van der Waals surface area contributed by atoms with Crippen molar-refractivity contribution in [2.75, 3.05) is 19.8 Å². The molecule has 0 spiro atoms. The van der Waals surface area contributed by atoms with Crippen molar-refractivity contribution < 1.29 is 14.3 Å². The first-order valence-corrected chi connectivity index (χ1v) is 6.83. The van der Waals surface area contributed by atoms with Gasteiger partial charge in [-0.3, -0.25) is 4.79 Å². The van der Waals surface area contributed by atoms with Gasteiger partial charge in [0.05, 0.1) is 6.61 Å². The number of hydrogen-bond donors (Lipinski definition) is 2. The summed E-state index contributed by atoms with van der Waals surface area (Å²) in [5, 5.41) is 2.80. The number of carbonyl (C=O) groups excluding carboxylic acids is 1. The third kappa shape index (κ3) is 5.93. The highest BCUT2D eigenvalue weighted by molar-refractivity contribution is 5.78. The Hall–Kier alpha value is -1.75. The summed E-state index contributed by atoms with van der Waals surface area (Å²) in [4.78, 5) is 11.7. The average molecular weight is 280 g/mol. The number of benzene rings is 1. The minimum Gasteiger partial charge on any atom is -0.494 e. The van der Waals surface area contributed by atoms with E-state index in [0.29, 0.717) is 18.9 Å². The first-order chi connectivity index (χ1) is 9.46. The molecule has 3 N–H and O–H groups in total. The summed E-state index contributed by atoms with van der Waals surface area (Å²) in [5.41, 5.74) is 5.13. The molecule has 5 heteroatoms. The zero-order valence-electron chi connectivity index (χ0n) is 12.4. The second kappa shape index (κ2) is 7.75. The minimum absolute atomic E-state index is 0.0292. The Balaban J connectivity index is 2.40. The van der Waals surface area contributed by atoms with Gasteiger partial charge in [0.15, 0.2) is 6.61 Å². The van der Waals surface area contributed by atoms with E-state index in [0.717, 1.165) is 12.2 Å². The summed E-state index contributed by atoms with van der Waals surface area (Å²) in [6.45, 7) is 6.83. The van der Waals surface area contributed by atoms with Gasteiger partial charge in [0.2, 0.25) is 0 Å². The second-order valence-corrected chi connectivity index (χ2v) is 5.24. The number of carbonyl (C=O) groups is 1. The van der Waals surface area contributed by atoms with Crippen LogP contribution in [0.4, 0.5) is 0 Å². The SMILES string of the molecule is CCCOc1ccc(OCC(=O)NC(C)(C)CN)cc1. The van der Waals surface area contributed by atoms with Gasteiger partial charge >= 0.3 is 0 Å². The average Bonchev–Trinajstić information content (AvgIpc) is 2.43. The minimum atomic E-state index is -0.418. The van der Waals surface area contributed by atoms with Crippen LogP contribution in [0.5, 0.6) is 11.5 Å². The number of rotatable bonds is 8. The molecule has 1 rings (SSSR count). The van der Waals surface area contributed by atoms with Crippen LogP contribution < -0.4 is 20.5 Å². The van der Waals surface area contributed by atoms with E-state index in [1.807, 2.05) is 26.0 Å². The molecule has 0 saturated carbocycles. The predicted molar refractivity (Wildman–Crippen MR) is 79.0 cm³/mol. The van der Waals surface area contributed by atoms with Crippen LogP contribution in [0.3, 0.4) is 0 Å². The van der Waals surface area contributed by atoms with Gasteiger partial charge in [0.25, 0.3) is 5.91 Å². The van der Waals surface area contributed by atoms with Crippen LogP contribution in [0.15, 0.2) is 24.3 Å². The molecular formula is C15H24N2O3. The number of ether oxygens (including phenoxy) is 2. The standard InChI is InChI=1S/C15H24N2O3/c1-4-9-19-12-5-7-13(8-6-12)20-10-14(18)17-15(2,3)11-16/h5-8H,4,9-11,16H2,1-3H3,(H,17,18). The first-order valence-electron chi connectivity index (χ1n) is 6.83. The normalized spacial score (nSPS) is 11.0. The lowest BCUT2D eigenvalue weighted by Crippen LogP contribution is -2.50. The van der Waals surface area contributed by atoms with E-state index < -0.39 is 5.54 Å². The molecule has 0 unspecified atom stereocenters. The summed E-state index contributed by atoms with van der Waals surface area (Å²) in [6, 6.07) is 7.22. The largest absolute Gasteiger partial charge is 0.494 e. The molecule has 0 aliphatic heterocycles. The Morgan fingerprint density at radius 1 is 1.20 bits per heavy atom. The monoisotopic (exact) mass is 280 g/mol. The fourth-order valence-corrected chi connectivity index (χ4v) is 1.47. The zero-order chi connectivity index (χ0) is 15.0. The van der Waals surface area contributed by atoms with Gasteiger partial charge in [0, 0.05) is 12.1 Å². The molecule has 1 aromatic rings. The fourth-order valence-electron chi connectivity index (χ4n) is 1.47. The third-order valence-electron chi connectivity index (χ3n) is 2.65. The predicted octanol–water partition coefficient (Wildman–Crippen LogP) is 1.71. The summed E-state index contributed by atoms with van der Waals surface area (Å²) >= 11 is 0. The smallest absolute Gasteiger partial charge is 0.258 e. The molecule has 0 radical (unpaired) electrons. The summed E-state index contributed by atoms with van der Waals surface area (Å²) in [5.74, 6) is 1.24. The van der Waals surface area contributed by atoms with Crippen LogP contribution in [-0.2, 0) is 4.79 Å². The van der Waals surface area contributed by atoms with Gasteiger partial charge < -0.3 is 20.5 Å². The molecule has 1 amide bonds. The fraction of sp³-hybridized carbons (Fsp3) is 0.533. The molecule has 0 bridgehead atoms. The van der Waals surface area contributed by atoms with Crippen molar-refractivity contribution in [2.45, 2.75) is 32.7 Å². The Morgan fingerprint density at radius 2 is 1.75 bits per heavy atom. The molecule has 0 saturated heterocycles. The van der Waals surface area contributed by atoms with Crippen LogP contribution in [0, 0.1) is 0 Å². The van der Waals surface area contributed by atoms with Crippen LogP contribution in [-0.4, -0.2) is 31.2 Å². The quantitative estimate of drug-likeness (QED) is 0.760. The maximum atomic E-state index is 11.7. The van der Waals surface area contributed by atoms with E-state index in [9.17, 15) is 4.79 Å². The number of nitrogens with one attached hydrogen (secondary N) is 1. The molecule has 0 aliphatic carbocycles. The van der Waals surface area contributed by atoms with E-state index in [-0.39, 0.29) is 12.5 Å². The molecule has 1 aromatic carbocycles. The van der Waals surface area contributed by atoms with Crippen molar-refractivity contribution in [1.82, 2.24) is 5.32 Å². The van der Waals surface area contributed by atoms with Gasteiger partial charge in [-0.05, 0) is 44.5 Å². The van der Waals surface area contributed by atoms with E-state index >= 15 is 0 Å². The van der Waals surface area contributed by atoms with Gasteiger partial charge in [-0.1, -0.05) is 6.92 Å². The number of amides is 1. The molecular weight excluding hydrogens is 256 g/mol. The molecule has 20 heavy (non-hydrogen) atoms. The van der Waals surface area contributed by atoms with E-state index in [1.54, 1.807) is 12.1 Å². The van der Waals surface area contributed by atoms with Crippen molar-refractivity contribution in [3.8, 4) is 11.5 Å². The Kier molecular flexibility index (Phi) is 6.31.